The fourth-order valence-corrected chi connectivity index (χ4v) is 4.45. The van der Waals surface area contributed by atoms with Crippen LogP contribution in [0.5, 0.6) is 5.75 Å². The quantitative estimate of drug-likeness (QED) is 0.462. The summed E-state index contributed by atoms with van der Waals surface area (Å²) >= 11 is 0. The molecule has 8 heteroatoms. The van der Waals surface area contributed by atoms with E-state index in [4.69, 9.17) is 4.74 Å². The highest BCUT2D eigenvalue weighted by atomic mass is 16.5. The first-order chi connectivity index (χ1) is 18.0. The highest BCUT2D eigenvalue weighted by Gasteiger charge is 2.27. The molecule has 0 bridgehead atoms. The topological polar surface area (TPSA) is 78.9 Å². The number of carbonyl (C=O) groups excluding carboxylic acids is 2. The van der Waals surface area contributed by atoms with Crippen molar-refractivity contribution in [1.29, 1.82) is 0 Å². The van der Waals surface area contributed by atoms with Gasteiger partial charge in [0.15, 0.2) is 5.82 Å². The molecule has 194 valence electrons. The van der Waals surface area contributed by atoms with Crippen molar-refractivity contribution in [3.63, 3.8) is 0 Å². The Hall–Kier alpha value is -3.94. The summed E-state index contributed by atoms with van der Waals surface area (Å²) in [6.45, 7) is 6.79. The SMILES string of the molecule is CC[C@H](C)N(CC(=O)N1CCCN(c2ccc(-c3ccc(OC)cc3)nn2)CC1)C(=O)c1ccccc1. The molecule has 1 aliphatic heterocycles. The molecular formula is C29H35N5O3. The van der Waals surface area contributed by atoms with E-state index < -0.39 is 0 Å². The minimum atomic E-state index is -0.105. The molecule has 8 nitrogen and oxygen atoms in total. The minimum absolute atomic E-state index is 0.0210. The lowest BCUT2D eigenvalue weighted by molar-refractivity contribution is -0.132. The van der Waals surface area contributed by atoms with Gasteiger partial charge in [0.2, 0.25) is 5.91 Å². The molecule has 4 rings (SSSR count). The van der Waals surface area contributed by atoms with Crippen LogP contribution >= 0.6 is 0 Å². The van der Waals surface area contributed by atoms with Crippen molar-refractivity contribution in [1.82, 2.24) is 20.0 Å². The van der Waals surface area contributed by atoms with Gasteiger partial charge in [-0.1, -0.05) is 25.1 Å². The smallest absolute Gasteiger partial charge is 0.254 e. The summed E-state index contributed by atoms with van der Waals surface area (Å²) in [6.07, 6.45) is 1.61. The van der Waals surface area contributed by atoms with E-state index in [9.17, 15) is 9.59 Å². The lowest BCUT2D eigenvalue weighted by atomic mass is 10.1. The zero-order valence-electron chi connectivity index (χ0n) is 21.8. The van der Waals surface area contributed by atoms with Gasteiger partial charge in [-0.25, -0.2) is 0 Å². The van der Waals surface area contributed by atoms with Crippen LogP contribution in [0.1, 0.15) is 37.0 Å². The molecule has 1 saturated heterocycles. The van der Waals surface area contributed by atoms with E-state index in [0.29, 0.717) is 25.2 Å². The Morgan fingerprint density at radius 2 is 1.70 bits per heavy atom. The second-order valence-electron chi connectivity index (χ2n) is 9.28. The van der Waals surface area contributed by atoms with E-state index in [2.05, 4.69) is 15.1 Å². The summed E-state index contributed by atoms with van der Waals surface area (Å²) in [5, 5.41) is 8.88. The number of benzene rings is 2. The van der Waals surface area contributed by atoms with Gasteiger partial charge in [0.25, 0.3) is 5.91 Å². The first kappa shape index (κ1) is 26.1. The van der Waals surface area contributed by atoms with Crippen LogP contribution in [0.3, 0.4) is 0 Å². The van der Waals surface area contributed by atoms with Crippen molar-refractivity contribution in [2.75, 3.05) is 44.7 Å². The number of methoxy groups -OCH3 is 1. The van der Waals surface area contributed by atoms with E-state index in [0.717, 1.165) is 42.2 Å². The number of amides is 2. The van der Waals surface area contributed by atoms with Crippen LogP contribution in [0.25, 0.3) is 11.3 Å². The van der Waals surface area contributed by atoms with Crippen molar-refractivity contribution < 1.29 is 14.3 Å². The first-order valence-electron chi connectivity index (χ1n) is 12.9. The molecule has 0 saturated carbocycles. The van der Waals surface area contributed by atoms with Gasteiger partial charge in [-0.2, -0.15) is 0 Å². The van der Waals surface area contributed by atoms with E-state index >= 15 is 0 Å². The molecule has 0 radical (unpaired) electrons. The van der Waals surface area contributed by atoms with Crippen molar-refractivity contribution in [3.8, 4) is 17.0 Å². The van der Waals surface area contributed by atoms with Crippen LogP contribution in [-0.2, 0) is 4.79 Å². The maximum absolute atomic E-state index is 13.3. The fourth-order valence-electron chi connectivity index (χ4n) is 4.45. The van der Waals surface area contributed by atoms with Crippen LogP contribution in [0.2, 0.25) is 0 Å². The van der Waals surface area contributed by atoms with E-state index in [1.165, 1.54) is 0 Å². The molecule has 0 spiro atoms. The van der Waals surface area contributed by atoms with Crippen molar-refractivity contribution >= 4 is 17.6 Å². The molecule has 3 aromatic rings. The third-order valence-electron chi connectivity index (χ3n) is 6.92. The number of ether oxygens (including phenoxy) is 1. The van der Waals surface area contributed by atoms with Gasteiger partial charge in [0, 0.05) is 43.3 Å². The predicted molar refractivity (Wildman–Crippen MR) is 145 cm³/mol. The Bertz CT molecular complexity index is 1170. The predicted octanol–water partition coefficient (Wildman–Crippen LogP) is 4.13. The number of aromatic nitrogens is 2. The Kier molecular flexibility index (Phi) is 8.72. The van der Waals surface area contributed by atoms with Gasteiger partial charge in [0.05, 0.1) is 12.8 Å². The van der Waals surface area contributed by atoms with Gasteiger partial charge in [-0.15, -0.1) is 10.2 Å². The molecule has 37 heavy (non-hydrogen) atoms. The normalized spacial score (nSPS) is 14.6. The second-order valence-corrected chi connectivity index (χ2v) is 9.28. The van der Waals surface area contributed by atoms with E-state index in [1.807, 2.05) is 73.3 Å². The van der Waals surface area contributed by atoms with Gasteiger partial charge >= 0.3 is 0 Å². The van der Waals surface area contributed by atoms with Crippen molar-refractivity contribution in [2.45, 2.75) is 32.7 Å². The third kappa shape index (κ3) is 6.44. The zero-order chi connectivity index (χ0) is 26.2. The lowest BCUT2D eigenvalue weighted by Crippen LogP contribution is -2.47. The molecule has 1 aromatic heterocycles. The summed E-state index contributed by atoms with van der Waals surface area (Å²) in [6, 6.07) is 20.8. The number of anilines is 1. The highest BCUT2D eigenvalue weighted by Crippen LogP contribution is 2.22. The number of rotatable bonds is 8. The third-order valence-corrected chi connectivity index (χ3v) is 6.92. The molecule has 1 fully saturated rings. The number of hydrogen-bond acceptors (Lipinski definition) is 6. The second kappa shape index (κ2) is 12.3. The maximum atomic E-state index is 13.3. The van der Waals surface area contributed by atoms with Crippen molar-refractivity contribution in [3.05, 3.63) is 72.3 Å². The van der Waals surface area contributed by atoms with Crippen LogP contribution in [0.4, 0.5) is 5.82 Å². The molecule has 2 aromatic carbocycles. The van der Waals surface area contributed by atoms with Gasteiger partial charge in [-0.05, 0) is 68.3 Å². The number of carbonyl (C=O) groups is 2. The number of hydrogen-bond donors (Lipinski definition) is 0. The van der Waals surface area contributed by atoms with Crippen LogP contribution in [0.15, 0.2) is 66.7 Å². The maximum Gasteiger partial charge on any atom is 0.254 e. The minimum Gasteiger partial charge on any atom is -0.497 e. The largest absolute Gasteiger partial charge is 0.497 e. The lowest BCUT2D eigenvalue weighted by Gasteiger charge is -2.31. The Balaban J connectivity index is 1.38. The molecule has 1 atom stereocenters. The number of nitrogens with zero attached hydrogens (tertiary/aromatic N) is 5. The molecule has 1 aliphatic rings. The van der Waals surface area contributed by atoms with Crippen LogP contribution in [0, 0.1) is 0 Å². The zero-order valence-corrected chi connectivity index (χ0v) is 21.8. The van der Waals surface area contributed by atoms with Crippen molar-refractivity contribution in [2.24, 2.45) is 0 Å². The fraction of sp³-hybridized carbons (Fsp3) is 0.379. The molecule has 2 amide bonds. The molecule has 0 aliphatic carbocycles. The summed E-state index contributed by atoms with van der Waals surface area (Å²) in [7, 11) is 1.64. The van der Waals surface area contributed by atoms with E-state index in [1.54, 1.807) is 24.1 Å². The highest BCUT2D eigenvalue weighted by molar-refractivity contribution is 5.96. The van der Waals surface area contributed by atoms with Crippen LogP contribution in [-0.4, -0.2) is 77.7 Å². The molecule has 0 N–H and O–H groups in total. The molecule has 2 heterocycles. The summed E-state index contributed by atoms with van der Waals surface area (Å²) in [4.78, 5) is 32.2. The van der Waals surface area contributed by atoms with E-state index in [-0.39, 0.29) is 24.4 Å². The summed E-state index contributed by atoms with van der Waals surface area (Å²) in [5.41, 5.74) is 2.38. The Labute approximate surface area is 218 Å². The Morgan fingerprint density at radius 3 is 2.35 bits per heavy atom. The summed E-state index contributed by atoms with van der Waals surface area (Å²) < 4.78 is 5.22. The molecule has 0 unspecified atom stereocenters. The van der Waals surface area contributed by atoms with Gasteiger partial charge in [0.1, 0.15) is 12.3 Å². The monoisotopic (exact) mass is 501 g/mol. The summed E-state index contributed by atoms with van der Waals surface area (Å²) in [5.74, 6) is 1.47. The first-order valence-corrected chi connectivity index (χ1v) is 12.9. The Morgan fingerprint density at radius 1 is 0.946 bits per heavy atom. The average molecular weight is 502 g/mol. The van der Waals surface area contributed by atoms with Gasteiger partial charge < -0.3 is 19.4 Å². The van der Waals surface area contributed by atoms with Gasteiger partial charge in [-0.3, -0.25) is 9.59 Å². The molecular weight excluding hydrogens is 466 g/mol. The van der Waals surface area contributed by atoms with Crippen LogP contribution < -0.4 is 9.64 Å². The standard InChI is InChI=1S/C29H35N5O3/c1-4-22(2)34(29(36)24-9-6-5-7-10-24)21-28(35)33-18-8-17-32(19-20-33)27-16-15-26(30-31-27)23-11-13-25(37-3)14-12-23/h5-7,9-16,22H,4,8,17-21H2,1-3H3/t22-/m0/s1. The average Bonchev–Trinajstić information content (AvgIpc) is 3.22.